The van der Waals surface area contributed by atoms with Crippen LogP contribution in [0.4, 0.5) is 5.69 Å². The Labute approximate surface area is 123 Å². The number of rotatable bonds is 4. The van der Waals surface area contributed by atoms with E-state index in [9.17, 15) is 14.9 Å². The van der Waals surface area contributed by atoms with Crippen molar-refractivity contribution >= 4 is 27.5 Å². The molecule has 0 aliphatic carbocycles. The first-order chi connectivity index (χ1) is 9.50. The van der Waals surface area contributed by atoms with Gasteiger partial charge in [0.2, 0.25) is 0 Å². The average molecular weight is 339 g/mol. The van der Waals surface area contributed by atoms with Crippen LogP contribution in [0.25, 0.3) is 0 Å². The van der Waals surface area contributed by atoms with Gasteiger partial charge in [-0.05, 0) is 22.0 Å². The van der Waals surface area contributed by atoms with E-state index in [2.05, 4.69) is 15.9 Å². The summed E-state index contributed by atoms with van der Waals surface area (Å²) < 4.78 is 5.35. The Balaban J connectivity index is 2.20. The molecule has 0 atom stereocenters. The maximum Gasteiger partial charge on any atom is 0.274 e. The zero-order valence-corrected chi connectivity index (χ0v) is 12.2. The van der Waals surface area contributed by atoms with Gasteiger partial charge in [0.25, 0.3) is 11.6 Å². The summed E-state index contributed by atoms with van der Waals surface area (Å²) in [6, 6.07) is 7.89. The van der Waals surface area contributed by atoms with E-state index in [1.54, 1.807) is 31.3 Å². The van der Waals surface area contributed by atoms with Gasteiger partial charge in [-0.15, -0.1) is 0 Å². The molecule has 0 aliphatic heterocycles. The minimum atomic E-state index is -0.457. The topological polar surface area (TPSA) is 76.6 Å². The molecule has 0 radical (unpaired) electrons. The maximum atomic E-state index is 12.2. The summed E-state index contributed by atoms with van der Waals surface area (Å²) >= 11 is 3.14. The molecule has 104 valence electrons. The van der Waals surface area contributed by atoms with Crippen LogP contribution in [0.1, 0.15) is 15.9 Å². The second kappa shape index (κ2) is 5.87. The van der Waals surface area contributed by atoms with Gasteiger partial charge in [-0.2, -0.15) is 0 Å². The van der Waals surface area contributed by atoms with Crippen molar-refractivity contribution in [3.8, 4) is 0 Å². The number of furan rings is 1. The Morgan fingerprint density at radius 1 is 1.40 bits per heavy atom. The number of benzene rings is 1. The number of hydrogen-bond acceptors (Lipinski definition) is 4. The molecule has 0 bridgehead atoms. The number of nitro groups is 1. The quantitative estimate of drug-likeness (QED) is 0.633. The van der Waals surface area contributed by atoms with Crippen LogP contribution in [0, 0.1) is 10.1 Å². The first kappa shape index (κ1) is 14.3. The smallest absolute Gasteiger partial charge is 0.274 e. The van der Waals surface area contributed by atoms with Gasteiger partial charge in [0, 0.05) is 18.7 Å². The fourth-order valence-electron chi connectivity index (χ4n) is 1.80. The molecule has 1 heterocycles. The highest BCUT2D eigenvalue weighted by Crippen LogP contribution is 2.22. The summed E-state index contributed by atoms with van der Waals surface area (Å²) in [6.45, 7) is 0.146. The lowest BCUT2D eigenvalue weighted by Gasteiger charge is -2.16. The molecule has 0 saturated heterocycles. The zero-order chi connectivity index (χ0) is 14.7. The van der Waals surface area contributed by atoms with E-state index in [0.717, 1.165) is 0 Å². The molecule has 7 heteroatoms. The lowest BCUT2D eigenvalue weighted by Crippen LogP contribution is -2.26. The van der Waals surface area contributed by atoms with Crippen LogP contribution in [0.15, 0.2) is 45.7 Å². The van der Waals surface area contributed by atoms with Crippen molar-refractivity contribution in [2.45, 2.75) is 6.54 Å². The summed E-state index contributed by atoms with van der Waals surface area (Å²) in [5.74, 6) is -0.274. The van der Waals surface area contributed by atoms with E-state index in [4.69, 9.17) is 4.42 Å². The number of nitro benzene ring substituents is 1. The SMILES string of the molecule is CN(Cc1ccccc1[N+](=O)[O-])C(=O)c1ccoc1Br. The summed E-state index contributed by atoms with van der Waals surface area (Å²) in [5, 5.41) is 10.9. The Morgan fingerprint density at radius 3 is 2.70 bits per heavy atom. The average Bonchev–Trinajstić information content (AvgIpc) is 2.84. The molecule has 1 aromatic carbocycles. The molecule has 1 aromatic heterocycles. The Kier molecular flexibility index (Phi) is 4.19. The molecule has 0 N–H and O–H groups in total. The van der Waals surface area contributed by atoms with E-state index in [1.165, 1.54) is 17.2 Å². The van der Waals surface area contributed by atoms with Crippen molar-refractivity contribution in [3.63, 3.8) is 0 Å². The van der Waals surface area contributed by atoms with Crippen molar-refractivity contribution in [1.82, 2.24) is 4.90 Å². The number of halogens is 1. The van der Waals surface area contributed by atoms with Gasteiger partial charge < -0.3 is 9.32 Å². The van der Waals surface area contributed by atoms with Crippen LogP contribution >= 0.6 is 15.9 Å². The highest BCUT2D eigenvalue weighted by atomic mass is 79.9. The second-order valence-corrected chi connectivity index (χ2v) is 4.88. The number of carbonyl (C=O) groups excluding carboxylic acids is 1. The molecule has 0 saturated carbocycles. The molecule has 0 aliphatic rings. The largest absolute Gasteiger partial charge is 0.457 e. The first-order valence-electron chi connectivity index (χ1n) is 5.71. The second-order valence-electron chi connectivity index (χ2n) is 4.16. The minimum absolute atomic E-state index is 0.00147. The van der Waals surface area contributed by atoms with E-state index in [1.807, 2.05) is 0 Å². The van der Waals surface area contributed by atoms with Gasteiger partial charge in [0.1, 0.15) is 0 Å². The van der Waals surface area contributed by atoms with Gasteiger partial charge in [-0.3, -0.25) is 14.9 Å². The first-order valence-corrected chi connectivity index (χ1v) is 6.50. The van der Waals surface area contributed by atoms with Crippen LogP contribution in [0.5, 0.6) is 0 Å². The van der Waals surface area contributed by atoms with Crippen LogP contribution in [-0.2, 0) is 6.54 Å². The van der Waals surface area contributed by atoms with Crippen molar-refractivity contribution in [2.24, 2.45) is 0 Å². The summed E-state index contributed by atoms with van der Waals surface area (Å²) in [4.78, 5) is 24.1. The number of nitrogens with zero attached hydrogens (tertiary/aromatic N) is 2. The fourth-order valence-corrected chi connectivity index (χ4v) is 2.21. The molecular weight excluding hydrogens is 328 g/mol. The fraction of sp³-hybridized carbons (Fsp3) is 0.154. The van der Waals surface area contributed by atoms with Crippen molar-refractivity contribution in [1.29, 1.82) is 0 Å². The van der Waals surface area contributed by atoms with Gasteiger partial charge in [-0.25, -0.2) is 0 Å². The molecular formula is C13H11BrN2O4. The van der Waals surface area contributed by atoms with E-state index in [-0.39, 0.29) is 18.1 Å². The van der Waals surface area contributed by atoms with Gasteiger partial charge in [-0.1, -0.05) is 18.2 Å². The number of amides is 1. The van der Waals surface area contributed by atoms with Crippen LogP contribution in [0.3, 0.4) is 0 Å². The highest BCUT2D eigenvalue weighted by Gasteiger charge is 2.20. The molecule has 20 heavy (non-hydrogen) atoms. The standard InChI is InChI=1S/C13H11BrN2O4/c1-15(13(17)10-6-7-20-12(10)14)8-9-4-2-3-5-11(9)16(18)19/h2-7H,8H2,1H3. The predicted molar refractivity (Wildman–Crippen MR) is 75.3 cm³/mol. The molecule has 0 spiro atoms. The maximum absolute atomic E-state index is 12.2. The van der Waals surface area contributed by atoms with Gasteiger partial charge in [0.15, 0.2) is 4.67 Å². The van der Waals surface area contributed by atoms with Crippen LogP contribution in [0.2, 0.25) is 0 Å². The summed E-state index contributed by atoms with van der Waals surface area (Å²) in [6.07, 6.45) is 1.40. The molecule has 6 nitrogen and oxygen atoms in total. The summed E-state index contributed by atoms with van der Waals surface area (Å²) in [7, 11) is 1.58. The normalized spacial score (nSPS) is 10.3. The van der Waals surface area contributed by atoms with E-state index >= 15 is 0 Å². The van der Waals surface area contributed by atoms with Crippen molar-refractivity contribution in [3.05, 3.63) is 62.5 Å². The summed E-state index contributed by atoms with van der Waals surface area (Å²) in [5.41, 5.74) is 0.859. The minimum Gasteiger partial charge on any atom is -0.457 e. The molecule has 1 amide bonds. The number of para-hydroxylation sites is 1. The lowest BCUT2D eigenvalue weighted by molar-refractivity contribution is -0.385. The third kappa shape index (κ3) is 2.88. The van der Waals surface area contributed by atoms with Crippen molar-refractivity contribution in [2.75, 3.05) is 7.05 Å². The van der Waals surface area contributed by atoms with Crippen LogP contribution in [-0.4, -0.2) is 22.8 Å². The zero-order valence-electron chi connectivity index (χ0n) is 10.6. The molecule has 2 rings (SSSR count). The molecule has 2 aromatic rings. The Bertz CT molecular complexity index is 653. The molecule has 0 unspecified atom stereocenters. The number of hydrogen-bond donors (Lipinski definition) is 0. The monoisotopic (exact) mass is 338 g/mol. The van der Waals surface area contributed by atoms with E-state index < -0.39 is 4.92 Å². The Morgan fingerprint density at radius 2 is 2.10 bits per heavy atom. The third-order valence-corrected chi connectivity index (χ3v) is 3.40. The number of carbonyl (C=O) groups is 1. The van der Waals surface area contributed by atoms with E-state index in [0.29, 0.717) is 15.8 Å². The predicted octanol–water partition coefficient (Wildman–Crippen LogP) is 3.22. The lowest BCUT2D eigenvalue weighted by atomic mass is 10.1. The van der Waals surface area contributed by atoms with Gasteiger partial charge in [0.05, 0.1) is 23.3 Å². The van der Waals surface area contributed by atoms with Crippen LogP contribution < -0.4 is 0 Å². The van der Waals surface area contributed by atoms with Crippen molar-refractivity contribution < 1.29 is 14.1 Å². The molecule has 0 fully saturated rings. The Hall–Kier alpha value is -2.15. The third-order valence-electron chi connectivity index (χ3n) is 2.79. The highest BCUT2D eigenvalue weighted by molar-refractivity contribution is 9.10. The van der Waals surface area contributed by atoms with Gasteiger partial charge >= 0.3 is 0 Å².